The second kappa shape index (κ2) is 10.2. The van der Waals surface area contributed by atoms with Crippen molar-refractivity contribution in [1.82, 2.24) is 9.29 Å². The fourth-order valence-corrected chi connectivity index (χ4v) is 6.67. The summed E-state index contributed by atoms with van der Waals surface area (Å²) in [5.74, 6) is -0.316. The van der Waals surface area contributed by atoms with E-state index in [2.05, 4.69) is 10.3 Å². The molecular weight excluding hydrogens is 454 g/mol. The van der Waals surface area contributed by atoms with Crippen molar-refractivity contribution in [2.75, 3.05) is 11.9 Å². The Morgan fingerprint density at radius 3 is 2.36 bits per heavy atom. The largest absolute Gasteiger partial charge is 0.298 e. The van der Waals surface area contributed by atoms with Gasteiger partial charge in [-0.15, -0.1) is 11.3 Å². The van der Waals surface area contributed by atoms with E-state index in [-0.39, 0.29) is 16.8 Å². The average molecular weight is 484 g/mol. The normalized spacial score (nSPS) is 15.0. The average Bonchev–Trinajstić information content (AvgIpc) is 3.29. The number of aryl methyl sites for hydroxylation is 1. The zero-order valence-electron chi connectivity index (χ0n) is 19.0. The fourth-order valence-electron chi connectivity index (χ4n) is 4.26. The predicted molar refractivity (Wildman–Crippen MR) is 133 cm³/mol. The Morgan fingerprint density at radius 1 is 1.06 bits per heavy atom. The number of amides is 1. The Balaban J connectivity index is 1.45. The lowest BCUT2D eigenvalue weighted by molar-refractivity contribution is 0.102. The summed E-state index contributed by atoms with van der Waals surface area (Å²) in [6, 6.07) is 14.3. The van der Waals surface area contributed by atoms with Gasteiger partial charge in [-0.3, -0.25) is 10.1 Å². The van der Waals surface area contributed by atoms with Crippen LogP contribution in [-0.4, -0.2) is 36.2 Å². The number of nitrogens with one attached hydrogen (secondary N) is 1. The Labute approximate surface area is 199 Å². The highest BCUT2D eigenvalue weighted by atomic mass is 32.2. The van der Waals surface area contributed by atoms with Crippen molar-refractivity contribution >= 4 is 32.4 Å². The second-order valence-electron chi connectivity index (χ2n) is 8.38. The molecule has 0 radical (unpaired) electrons. The molecule has 0 unspecified atom stereocenters. The zero-order chi connectivity index (χ0) is 23.4. The van der Waals surface area contributed by atoms with Gasteiger partial charge in [-0.2, -0.15) is 4.31 Å². The highest BCUT2D eigenvalue weighted by Gasteiger charge is 2.31. The summed E-state index contributed by atoms with van der Waals surface area (Å²) in [5.41, 5.74) is 3.36. The van der Waals surface area contributed by atoms with Crippen molar-refractivity contribution in [3.05, 3.63) is 65.0 Å². The lowest BCUT2D eigenvalue weighted by Gasteiger charge is -2.32. The van der Waals surface area contributed by atoms with Crippen molar-refractivity contribution in [2.24, 2.45) is 0 Å². The molecule has 4 rings (SSSR count). The van der Waals surface area contributed by atoms with Crippen molar-refractivity contribution in [3.8, 4) is 11.3 Å². The van der Waals surface area contributed by atoms with Crippen molar-refractivity contribution in [1.29, 1.82) is 0 Å². The van der Waals surface area contributed by atoms with E-state index in [1.54, 1.807) is 16.4 Å². The number of carbonyl (C=O) groups excluding carboxylic acids is 1. The van der Waals surface area contributed by atoms with Crippen molar-refractivity contribution in [3.63, 3.8) is 0 Å². The van der Waals surface area contributed by atoms with E-state index in [0.29, 0.717) is 17.2 Å². The molecule has 0 bridgehead atoms. The molecule has 0 spiro atoms. The number of nitrogens with zero attached hydrogens (tertiary/aromatic N) is 2. The molecule has 1 N–H and O–H groups in total. The molecule has 1 fully saturated rings. The summed E-state index contributed by atoms with van der Waals surface area (Å²) in [6.07, 6.45) is 5.12. The third kappa shape index (κ3) is 5.34. The highest BCUT2D eigenvalue weighted by Crippen LogP contribution is 2.28. The fraction of sp³-hybridized carbons (Fsp3) is 0.360. The molecule has 0 atom stereocenters. The summed E-state index contributed by atoms with van der Waals surface area (Å²) in [5, 5.41) is 5.22. The first-order chi connectivity index (χ1) is 15.9. The van der Waals surface area contributed by atoms with E-state index in [4.69, 9.17) is 0 Å². The number of sulfonamides is 1. The molecule has 1 aliphatic rings. The smallest absolute Gasteiger partial charge is 0.257 e. The summed E-state index contributed by atoms with van der Waals surface area (Å²) in [6.45, 7) is 4.36. The van der Waals surface area contributed by atoms with Gasteiger partial charge in [0.25, 0.3) is 5.91 Å². The summed E-state index contributed by atoms with van der Waals surface area (Å²) < 4.78 is 28.0. The second-order valence-corrected chi connectivity index (χ2v) is 11.1. The predicted octanol–water partition coefficient (Wildman–Crippen LogP) is 5.71. The number of anilines is 1. The van der Waals surface area contributed by atoms with Gasteiger partial charge in [0.15, 0.2) is 5.13 Å². The van der Waals surface area contributed by atoms with E-state index in [0.717, 1.165) is 36.9 Å². The molecule has 2 aromatic carbocycles. The minimum absolute atomic E-state index is 0.0596. The lowest BCUT2D eigenvalue weighted by atomic mass is 9.95. The molecule has 1 aliphatic carbocycles. The molecule has 6 nitrogen and oxygen atoms in total. The molecular formula is C25H29N3O3S2. The molecule has 3 aromatic rings. The standard InChI is InChI=1S/C25H29N3O3S2/c1-3-28(21-7-5-4-6-8-21)33(30,31)22-15-13-20(14-16-22)24(29)27-25-26-23(17-32-25)19-11-9-18(2)10-12-19/h9-17,21H,3-8H2,1-2H3,(H,26,27,29). The van der Waals surface area contributed by atoms with E-state index in [1.165, 1.54) is 35.5 Å². The maximum absolute atomic E-state index is 13.2. The molecule has 8 heteroatoms. The van der Waals surface area contributed by atoms with Gasteiger partial charge in [0.05, 0.1) is 10.6 Å². The van der Waals surface area contributed by atoms with E-state index in [1.807, 2.05) is 43.5 Å². The number of benzene rings is 2. The minimum Gasteiger partial charge on any atom is -0.298 e. The number of rotatable bonds is 7. The van der Waals surface area contributed by atoms with Crippen LogP contribution in [0.4, 0.5) is 5.13 Å². The maximum Gasteiger partial charge on any atom is 0.257 e. The molecule has 1 aromatic heterocycles. The van der Waals surface area contributed by atoms with E-state index >= 15 is 0 Å². The third-order valence-corrected chi connectivity index (χ3v) is 8.89. The topological polar surface area (TPSA) is 79.4 Å². The molecule has 1 heterocycles. The van der Waals surface area contributed by atoms with Crippen LogP contribution >= 0.6 is 11.3 Å². The van der Waals surface area contributed by atoms with Gasteiger partial charge in [0.1, 0.15) is 0 Å². The SMILES string of the molecule is CCN(C1CCCCC1)S(=O)(=O)c1ccc(C(=O)Nc2nc(-c3ccc(C)cc3)cs2)cc1. The summed E-state index contributed by atoms with van der Waals surface area (Å²) in [4.78, 5) is 17.4. The molecule has 33 heavy (non-hydrogen) atoms. The molecule has 1 amide bonds. The summed E-state index contributed by atoms with van der Waals surface area (Å²) in [7, 11) is -3.59. The van der Waals surface area contributed by atoms with E-state index in [9.17, 15) is 13.2 Å². The van der Waals surface area contributed by atoms with Crippen molar-refractivity contribution in [2.45, 2.75) is 56.9 Å². The van der Waals surface area contributed by atoms with Crippen LogP contribution in [0, 0.1) is 6.92 Å². The van der Waals surface area contributed by atoms with Gasteiger partial charge in [0.2, 0.25) is 10.0 Å². The third-order valence-electron chi connectivity index (χ3n) is 6.09. The van der Waals surface area contributed by atoms with Crippen LogP contribution < -0.4 is 5.32 Å². The summed E-state index contributed by atoms with van der Waals surface area (Å²) >= 11 is 1.36. The van der Waals surface area contributed by atoms with E-state index < -0.39 is 10.0 Å². The first kappa shape index (κ1) is 23.6. The number of aromatic nitrogens is 1. The van der Waals surface area contributed by atoms with Crippen molar-refractivity contribution < 1.29 is 13.2 Å². The van der Waals surface area contributed by atoms with Crippen LogP contribution in [0.3, 0.4) is 0 Å². The first-order valence-corrected chi connectivity index (χ1v) is 13.7. The molecule has 0 saturated heterocycles. The highest BCUT2D eigenvalue weighted by molar-refractivity contribution is 7.89. The Kier molecular flexibility index (Phi) is 7.26. The lowest BCUT2D eigenvalue weighted by Crippen LogP contribution is -2.41. The quantitative estimate of drug-likeness (QED) is 0.466. The van der Waals surface area contributed by atoms with Gasteiger partial charge in [-0.25, -0.2) is 13.4 Å². The van der Waals surface area contributed by atoms with Gasteiger partial charge in [0, 0.05) is 29.1 Å². The van der Waals surface area contributed by atoms with Crippen LogP contribution in [-0.2, 0) is 10.0 Å². The zero-order valence-corrected chi connectivity index (χ0v) is 20.6. The minimum atomic E-state index is -3.59. The van der Waals surface area contributed by atoms with Crippen LogP contribution in [0.2, 0.25) is 0 Å². The van der Waals surface area contributed by atoms with Gasteiger partial charge in [-0.05, 0) is 44.0 Å². The Morgan fingerprint density at radius 2 is 1.73 bits per heavy atom. The van der Waals surface area contributed by atoms with Gasteiger partial charge in [-0.1, -0.05) is 56.0 Å². The van der Waals surface area contributed by atoms with Crippen LogP contribution in [0.5, 0.6) is 0 Å². The number of hydrogen-bond acceptors (Lipinski definition) is 5. The maximum atomic E-state index is 13.2. The number of carbonyl (C=O) groups is 1. The van der Waals surface area contributed by atoms with Crippen LogP contribution in [0.1, 0.15) is 54.9 Å². The first-order valence-electron chi connectivity index (χ1n) is 11.3. The number of thiazole rings is 1. The Hall–Kier alpha value is -2.55. The monoisotopic (exact) mass is 483 g/mol. The Bertz CT molecular complexity index is 1200. The molecule has 174 valence electrons. The van der Waals surface area contributed by atoms with Crippen LogP contribution in [0.25, 0.3) is 11.3 Å². The molecule has 1 saturated carbocycles. The van der Waals surface area contributed by atoms with Crippen LogP contribution in [0.15, 0.2) is 58.8 Å². The van der Waals surface area contributed by atoms with Gasteiger partial charge >= 0.3 is 0 Å². The number of hydrogen-bond donors (Lipinski definition) is 1. The molecule has 0 aliphatic heterocycles. The van der Waals surface area contributed by atoms with Gasteiger partial charge < -0.3 is 0 Å².